The summed E-state index contributed by atoms with van der Waals surface area (Å²) < 4.78 is 11.1. The largest absolute Gasteiger partial charge is 0.488 e. The Morgan fingerprint density at radius 2 is 2.36 bits per heavy atom. The fourth-order valence-electron chi connectivity index (χ4n) is 2.99. The molecule has 0 saturated heterocycles. The Labute approximate surface area is 149 Å². The molecule has 0 saturated carbocycles. The number of ether oxygens (including phenoxy) is 2. The second kappa shape index (κ2) is 8.87. The zero-order valence-corrected chi connectivity index (χ0v) is 15.1. The molecule has 1 atom stereocenters. The third kappa shape index (κ3) is 4.74. The summed E-state index contributed by atoms with van der Waals surface area (Å²) in [6.45, 7) is 8.13. The van der Waals surface area contributed by atoms with E-state index in [1.165, 1.54) is 0 Å². The normalized spacial score (nSPS) is 19.0. The Hall–Kier alpha value is -2.05. The van der Waals surface area contributed by atoms with Gasteiger partial charge < -0.3 is 19.7 Å². The van der Waals surface area contributed by atoms with Crippen LogP contribution in [0.1, 0.15) is 25.3 Å². The van der Waals surface area contributed by atoms with Gasteiger partial charge in [0.1, 0.15) is 6.61 Å². The molecular weight excluding hydrogens is 316 g/mol. The van der Waals surface area contributed by atoms with Gasteiger partial charge in [-0.15, -0.1) is 0 Å². The Bertz CT molecular complexity index is 630. The first-order valence-corrected chi connectivity index (χ1v) is 9.10. The number of nitrogens with zero attached hydrogens (tertiary/aromatic N) is 2. The van der Waals surface area contributed by atoms with E-state index in [0.29, 0.717) is 6.61 Å². The van der Waals surface area contributed by atoms with Crippen LogP contribution in [0.15, 0.2) is 36.3 Å². The molecule has 2 N–H and O–H groups in total. The van der Waals surface area contributed by atoms with Crippen LogP contribution < -0.4 is 20.3 Å². The minimum Gasteiger partial charge on any atom is -0.488 e. The number of rotatable bonds is 8. The molecule has 1 aromatic heterocycles. The SMILES string of the molecule is CCOCCCCNC1C=C(N2CCOc3cc(C)cnc32)C=CN1. The lowest BCUT2D eigenvalue weighted by molar-refractivity contribution is 0.143. The second-order valence-corrected chi connectivity index (χ2v) is 6.26. The number of hydrogen-bond acceptors (Lipinski definition) is 6. The smallest absolute Gasteiger partial charge is 0.176 e. The molecule has 0 fully saturated rings. The number of nitrogens with one attached hydrogen (secondary N) is 2. The number of anilines is 1. The molecule has 1 aromatic rings. The van der Waals surface area contributed by atoms with Crippen molar-refractivity contribution in [3.63, 3.8) is 0 Å². The monoisotopic (exact) mass is 344 g/mol. The maximum absolute atomic E-state index is 5.77. The zero-order valence-electron chi connectivity index (χ0n) is 15.1. The van der Waals surface area contributed by atoms with E-state index in [1.54, 1.807) is 0 Å². The van der Waals surface area contributed by atoms with Crippen molar-refractivity contribution in [1.82, 2.24) is 15.6 Å². The molecule has 6 nitrogen and oxygen atoms in total. The van der Waals surface area contributed by atoms with Crippen molar-refractivity contribution in [3.05, 3.63) is 41.9 Å². The zero-order chi connectivity index (χ0) is 17.5. The highest BCUT2D eigenvalue weighted by Crippen LogP contribution is 2.32. The molecule has 1 unspecified atom stereocenters. The summed E-state index contributed by atoms with van der Waals surface area (Å²) >= 11 is 0. The van der Waals surface area contributed by atoms with E-state index in [-0.39, 0.29) is 6.17 Å². The van der Waals surface area contributed by atoms with Crippen molar-refractivity contribution in [3.8, 4) is 5.75 Å². The third-order valence-electron chi connectivity index (χ3n) is 4.26. The van der Waals surface area contributed by atoms with Gasteiger partial charge in [-0.2, -0.15) is 0 Å². The maximum atomic E-state index is 5.77. The highest BCUT2D eigenvalue weighted by Gasteiger charge is 2.23. The van der Waals surface area contributed by atoms with Crippen molar-refractivity contribution in [2.24, 2.45) is 0 Å². The quantitative estimate of drug-likeness (QED) is 0.706. The minimum absolute atomic E-state index is 0.129. The first kappa shape index (κ1) is 17.8. The van der Waals surface area contributed by atoms with Gasteiger partial charge in [0.25, 0.3) is 0 Å². The van der Waals surface area contributed by atoms with Gasteiger partial charge in [-0.3, -0.25) is 5.32 Å². The lowest BCUT2D eigenvalue weighted by Crippen LogP contribution is -2.42. The van der Waals surface area contributed by atoms with E-state index in [1.807, 2.05) is 32.3 Å². The van der Waals surface area contributed by atoms with Gasteiger partial charge in [-0.1, -0.05) is 0 Å². The van der Waals surface area contributed by atoms with Crippen LogP contribution in [0.25, 0.3) is 0 Å². The van der Waals surface area contributed by atoms with Crippen LogP contribution in [0, 0.1) is 6.92 Å². The van der Waals surface area contributed by atoms with Gasteiger partial charge in [-0.25, -0.2) is 4.98 Å². The van der Waals surface area contributed by atoms with E-state index in [9.17, 15) is 0 Å². The van der Waals surface area contributed by atoms with Gasteiger partial charge in [0.15, 0.2) is 11.6 Å². The first-order chi connectivity index (χ1) is 12.3. The summed E-state index contributed by atoms with van der Waals surface area (Å²) in [6, 6.07) is 2.05. The van der Waals surface area contributed by atoms with Gasteiger partial charge >= 0.3 is 0 Å². The number of allylic oxidation sites excluding steroid dienone is 1. The van der Waals surface area contributed by atoms with Crippen LogP contribution in [0.2, 0.25) is 0 Å². The third-order valence-corrected chi connectivity index (χ3v) is 4.26. The Morgan fingerprint density at radius 1 is 1.44 bits per heavy atom. The number of unbranched alkanes of at least 4 members (excludes halogenated alkanes) is 1. The molecule has 6 heteroatoms. The Kier molecular flexibility index (Phi) is 6.30. The number of fused-ring (bicyclic) bond motifs is 1. The molecule has 136 valence electrons. The lowest BCUT2D eigenvalue weighted by atomic mass is 10.2. The fraction of sp³-hybridized carbons (Fsp3) is 0.526. The molecule has 0 amide bonds. The predicted octanol–water partition coefficient (Wildman–Crippen LogP) is 2.32. The molecule has 3 heterocycles. The number of aromatic nitrogens is 1. The van der Waals surface area contributed by atoms with Gasteiger partial charge in [-0.05, 0) is 63.2 Å². The molecule has 0 spiro atoms. The van der Waals surface area contributed by atoms with Crippen LogP contribution in [-0.2, 0) is 4.74 Å². The van der Waals surface area contributed by atoms with E-state index in [2.05, 4.69) is 32.7 Å². The lowest BCUT2D eigenvalue weighted by Gasteiger charge is -2.33. The van der Waals surface area contributed by atoms with E-state index in [0.717, 1.165) is 62.0 Å². The fourth-order valence-corrected chi connectivity index (χ4v) is 2.99. The van der Waals surface area contributed by atoms with Gasteiger partial charge in [0.2, 0.25) is 0 Å². The maximum Gasteiger partial charge on any atom is 0.176 e. The summed E-state index contributed by atoms with van der Waals surface area (Å²) in [4.78, 5) is 6.80. The summed E-state index contributed by atoms with van der Waals surface area (Å²) in [5.41, 5.74) is 2.26. The van der Waals surface area contributed by atoms with Crippen molar-refractivity contribution in [2.75, 3.05) is 37.8 Å². The van der Waals surface area contributed by atoms with Crippen LogP contribution in [-0.4, -0.2) is 44.1 Å². The molecule has 2 aliphatic rings. The van der Waals surface area contributed by atoms with Crippen molar-refractivity contribution < 1.29 is 9.47 Å². The van der Waals surface area contributed by atoms with Crippen molar-refractivity contribution in [2.45, 2.75) is 32.9 Å². The minimum atomic E-state index is 0.129. The second-order valence-electron chi connectivity index (χ2n) is 6.26. The Balaban J connectivity index is 1.59. The van der Waals surface area contributed by atoms with Gasteiger partial charge in [0, 0.05) is 25.1 Å². The highest BCUT2D eigenvalue weighted by molar-refractivity contribution is 5.61. The number of hydrogen-bond donors (Lipinski definition) is 2. The van der Waals surface area contributed by atoms with Crippen LogP contribution in [0.5, 0.6) is 5.75 Å². The molecule has 25 heavy (non-hydrogen) atoms. The predicted molar refractivity (Wildman–Crippen MR) is 99.7 cm³/mol. The standard InChI is InChI=1S/C19H28N4O2/c1-3-24-10-5-4-7-20-18-13-16(6-8-21-18)23-9-11-25-17-12-15(2)14-22-19(17)23/h6,8,12-14,18,20-21H,3-5,7,9-11H2,1-2H3. The van der Waals surface area contributed by atoms with E-state index < -0.39 is 0 Å². The number of pyridine rings is 1. The summed E-state index contributed by atoms with van der Waals surface area (Å²) in [5.74, 6) is 1.75. The molecule has 0 aliphatic carbocycles. The van der Waals surface area contributed by atoms with Crippen LogP contribution in [0.4, 0.5) is 5.82 Å². The number of aryl methyl sites for hydroxylation is 1. The van der Waals surface area contributed by atoms with E-state index >= 15 is 0 Å². The molecule has 0 bridgehead atoms. The summed E-state index contributed by atoms with van der Waals surface area (Å²) in [6.07, 6.45) is 10.5. The molecular formula is C19H28N4O2. The average molecular weight is 344 g/mol. The van der Waals surface area contributed by atoms with Crippen LogP contribution in [0.3, 0.4) is 0 Å². The first-order valence-electron chi connectivity index (χ1n) is 9.10. The molecule has 3 rings (SSSR count). The van der Waals surface area contributed by atoms with E-state index in [4.69, 9.17) is 9.47 Å². The summed E-state index contributed by atoms with van der Waals surface area (Å²) in [5, 5.41) is 6.87. The topological polar surface area (TPSA) is 58.7 Å². The molecule has 2 aliphatic heterocycles. The van der Waals surface area contributed by atoms with Crippen molar-refractivity contribution >= 4 is 5.82 Å². The van der Waals surface area contributed by atoms with Crippen molar-refractivity contribution in [1.29, 1.82) is 0 Å². The highest BCUT2D eigenvalue weighted by atomic mass is 16.5. The summed E-state index contributed by atoms with van der Waals surface area (Å²) in [7, 11) is 0. The number of dihydropyridines is 1. The van der Waals surface area contributed by atoms with Crippen LogP contribution >= 0.6 is 0 Å². The van der Waals surface area contributed by atoms with Gasteiger partial charge in [0.05, 0.1) is 12.7 Å². The molecule has 0 radical (unpaired) electrons. The Morgan fingerprint density at radius 3 is 3.24 bits per heavy atom. The average Bonchev–Trinajstić information content (AvgIpc) is 2.64. The molecule has 0 aromatic carbocycles.